The number of primary amides is 2. The molecule has 1 aromatic heterocycles. The number of nitrogens with two attached hydrogens (primary N) is 2. The van der Waals surface area contributed by atoms with Gasteiger partial charge in [-0.05, 0) is 35.6 Å². The first-order valence-electron chi connectivity index (χ1n) is 6.28. The smallest absolute Gasteiger partial charge is 0.317 e. The Kier molecular flexibility index (Phi) is 3.13. The van der Waals surface area contributed by atoms with E-state index in [-0.39, 0.29) is 11.4 Å². The molecular weight excluding hydrogens is 293 g/mol. The fraction of sp³-hybridized carbons (Fsp3) is 0.143. The van der Waals surface area contributed by atoms with E-state index in [1.54, 1.807) is 12.1 Å². The van der Waals surface area contributed by atoms with Gasteiger partial charge in [0.05, 0.1) is 5.56 Å². The molecule has 1 aliphatic rings. The van der Waals surface area contributed by atoms with Crippen molar-refractivity contribution in [3.8, 4) is 10.4 Å². The molecule has 0 bridgehead atoms. The molecule has 0 atom stereocenters. The van der Waals surface area contributed by atoms with Crippen LogP contribution in [0.25, 0.3) is 10.4 Å². The Bertz CT molecular complexity index is 770. The van der Waals surface area contributed by atoms with Crippen LogP contribution in [0.15, 0.2) is 18.2 Å². The molecule has 0 radical (unpaired) electrons. The Morgan fingerprint density at radius 2 is 1.90 bits per heavy atom. The number of carbonyl (C=O) groups excluding carboxylic acids is 2. The topological polar surface area (TPSA) is 98.2 Å². The molecule has 0 spiro atoms. The maximum absolute atomic E-state index is 13.9. The number of carbonyl (C=O) groups is 2. The summed E-state index contributed by atoms with van der Waals surface area (Å²) >= 11 is 1.19. The summed E-state index contributed by atoms with van der Waals surface area (Å²) in [5.74, 6) is -0.896. The molecule has 7 heteroatoms. The molecule has 1 aromatic carbocycles. The minimum Gasteiger partial charge on any atom is -0.365 e. The summed E-state index contributed by atoms with van der Waals surface area (Å²) in [6, 6.07) is 4.06. The van der Waals surface area contributed by atoms with E-state index in [0.717, 1.165) is 16.0 Å². The third kappa shape index (κ3) is 2.15. The van der Waals surface area contributed by atoms with Crippen LogP contribution in [0.1, 0.15) is 21.5 Å². The van der Waals surface area contributed by atoms with Gasteiger partial charge in [0.25, 0.3) is 5.91 Å². The van der Waals surface area contributed by atoms with Crippen molar-refractivity contribution in [1.29, 1.82) is 0 Å². The van der Waals surface area contributed by atoms with Gasteiger partial charge in [0, 0.05) is 4.88 Å². The number of amides is 3. The molecule has 0 unspecified atom stereocenters. The normalized spacial score (nSPS) is 12.4. The average Bonchev–Trinajstić information content (AvgIpc) is 2.76. The van der Waals surface area contributed by atoms with E-state index in [4.69, 9.17) is 11.5 Å². The Labute approximate surface area is 123 Å². The molecule has 2 aromatic rings. The van der Waals surface area contributed by atoms with Gasteiger partial charge in [-0.3, -0.25) is 10.1 Å². The van der Waals surface area contributed by atoms with E-state index in [1.807, 2.05) is 0 Å². The van der Waals surface area contributed by atoms with E-state index in [9.17, 15) is 14.0 Å². The fourth-order valence-corrected chi connectivity index (χ4v) is 3.97. The van der Waals surface area contributed by atoms with Crippen LogP contribution in [0.5, 0.6) is 0 Å². The first-order chi connectivity index (χ1) is 9.99. The van der Waals surface area contributed by atoms with Crippen molar-refractivity contribution in [2.75, 3.05) is 5.32 Å². The van der Waals surface area contributed by atoms with Gasteiger partial charge in [-0.1, -0.05) is 12.1 Å². The van der Waals surface area contributed by atoms with E-state index in [0.29, 0.717) is 23.4 Å². The first kappa shape index (κ1) is 13.6. The van der Waals surface area contributed by atoms with Crippen molar-refractivity contribution >= 4 is 28.3 Å². The predicted octanol–water partition coefficient (Wildman–Crippen LogP) is 2.24. The van der Waals surface area contributed by atoms with Crippen LogP contribution < -0.4 is 16.8 Å². The van der Waals surface area contributed by atoms with Gasteiger partial charge in [-0.15, -0.1) is 11.3 Å². The molecule has 0 fully saturated rings. The molecule has 0 saturated carbocycles. The second kappa shape index (κ2) is 4.85. The van der Waals surface area contributed by atoms with Crippen molar-refractivity contribution in [2.24, 2.45) is 11.5 Å². The predicted molar refractivity (Wildman–Crippen MR) is 78.8 cm³/mol. The largest absolute Gasteiger partial charge is 0.365 e. The molecule has 0 aliphatic heterocycles. The first-order valence-corrected chi connectivity index (χ1v) is 7.10. The number of benzene rings is 1. The zero-order valence-corrected chi connectivity index (χ0v) is 11.7. The third-order valence-electron chi connectivity index (χ3n) is 3.48. The second-order valence-corrected chi connectivity index (χ2v) is 5.75. The van der Waals surface area contributed by atoms with Crippen molar-refractivity contribution in [1.82, 2.24) is 0 Å². The zero-order chi connectivity index (χ0) is 15.1. The summed E-state index contributed by atoms with van der Waals surface area (Å²) in [5, 5.41) is 2.74. The van der Waals surface area contributed by atoms with Gasteiger partial charge in [0.1, 0.15) is 10.8 Å². The number of halogens is 1. The summed E-state index contributed by atoms with van der Waals surface area (Å²) in [7, 11) is 0. The highest BCUT2D eigenvalue weighted by molar-refractivity contribution is 7.20. The number of nitrogens with one attached hydrogen (secondary N) is 1. The lowest BCUT2D eigenvalue weighted by Crippen LogP contribution is -2.22. The second-order valence-electron chi connectivity index (χ2n) is 4.73. The molecule has 1 aliphatic carbocycles. The molecule has 5 nitrogen and oxygen atoms in total. The van der Waals surface area contributed by atoms with Gasteiger partial charge in [-0.2, -0.15) is 0 Å². The minimum absolute atomic E-state index is 0.267. The van der Waals surface area contributed by atoms with Crippen molar-refractivity contribution in [3.63, 3.8) is 0 Å². The number of hydrogen-bond acceptors (Lipinski definition) is 3. The van der Waals surface area contributed by atoms with Gasteiger partial charge >= 0.3 is 6.03 Å². The molecule has 3 amide bonds. The van der Waals surface area contributed by atoms with Crippen molar-refractivity contribution in [2.45, 2.75) is 12.8 Å². The Hall–Kier alpha value is -2.41. The van der Waals surface area contributed by atoms with Crippen LogP contribution in [-0.4, -0.2) is 11.9 Å². The number of urea groups is 1. The van der Waals surface area contributed by atoms with Crippen LogP contribution in [-0.2, 0) is 12.8 Å². The number of hydrogen-bond donors (Lipinski definition) is 3. The van der Waals surface area contributed by atoms with E-state index < -0.39 is 11.9 Å². The van der Waals surface area contributed by atoms with Crippen molar-refractivity contribution < 1.29 is 14.0 Å². The highest BCUT2D eigenvalue weighted by Gasteiger charge is 2.28. The highest BCUT2D eigenvalue weighted by Crippen LogP contribution is 2.45. The van der Waals surface area contributed by atoms with Gasteiger partial charge < -0.3 is 11.5 Å². The number of fused-ring (bicyclic) bond motifs is 3. The lowest BCUT2D eigenvalue weighted by atomic mass is 9.89. The van der Waals surface area contributed by atoms with Gasteiger partial charge in [-0.25, -0.2) is 9.18 Å². The summed E-state index contributed by atoms with van der Waals surface area (Å²) in [4.78, 5) is 23.5. The summed E-state index contributed by atoms with van der Waals surface area (Å²) < 4.78 is 13.9. The number of anilines is 1. The van der Waals surface area contributed by atoms with Gasteiger partial charge in [0.2, 0.25) is 0 Å². The van der Waals surface area contributed by atoms with Crippen LogP contribution in [0.4, 0.5) is 14.2 Å². The summed E-state index contributed by atoms with van der Waals surface area (Å²) in [6.45, 7) is 0. The fourth-order valence-electron chi connectivity index (χ4n) is 2.66. The minimum atomic E-state index is -0.768. The molecule has 5 N–H and O–H groups in total. The number of rotatable bonds is 2. The standard InChI is InChI=1S/C14H12FN3O2S/c15-9-3-1-2-7-6(9)4-5-8-10(12(16)19)13(18-14(17)20)21-11(7)8/h1-3H,4-5H2,(H2,16,19)(H3,17,18,20). The maximum Gasteiger partial charge on any atom is 0.317 e. The van der Waals surface area contributed by atoms with Crippen LogP contribution in [0, 0.1) is 5.82 Å². The van der Waals surface area contributed by atoms with Crippen LogP contribution in [0.3, 0.4) is 0 Å². The summed E-state index contributed by atoms with van der Waals surface area (Å²) in [5.41, 5.74) is 12.9. The maximum atomic E-state index is 13.9. The highest BCUT2D eigenvalue weighted by atomic mass is 32.1. The van der Waals surface area contributed by atoms with Crippen LogP contribution in [0.2, 0.25) is 0 Å². The quantitative estimate of drug-likeness (QED) is 0.793. The van der Waals surface area contributed by atoms with Crippen molar-refractivity contribution in [3.05, 3.63) is 40.7 Å². The molecule has 21 heavy (non-hydrogen) atoms. The van der Waals surface area contributed by atoms with E-state index in [2.05, 4.69) is 5.32 Å². The lowest BCUT2D eigenvalue weighted by Gasteiger charge is -2.17. The van der Waals surface area contributed by atoms with Gasteiger partial charge in [0.15, 0.2) is 0 Å². The molecular formula is C14H12FN3O2S. The third-order valence-corrected chi connectivity index (χ3v) is 4.66. The molecule has 1 heterocycles. The Balaban J connectivity index is 2.23. The Morgan fingerprint density at radius 1 is 1.19 bits per heavy atom. The molecule has 108 valence electrons. The average molecular weight is 305 g/mol. The van der Waals surface area contributed by atoms with Crippen LogP contribution >= 0.6 is 11.3 Å². The SMILES string of the molecule is NC(=O)Nc1sc2c(c1C(N)=O)CCc1c(F)cccc1-2. The summed E-state index contributed by atoms with van der Waals surface area (Å²) in [6.07, 6.45) is 0.987. The van der Waals surface area contributed by atoms with E-state index in [1.165, 1.54) is 17.4 Å². The van der Waals surface area contributed by atoms with E-state index >= 15 is 0 Å². The Morgan fingerprint density at radius 3 is 2.57 bits per heavy atom. The molecule has 0 saturated heterocycles. The lowest BCUT2D eigenvalue weighted by molar-refractivity contribution is 0.100. The monoisotopic (exact) mass is 305 g/mol. The number of thiophene rings is 1. The molecule has 3 rings (SSSR count). The zero-order valence-electron chi connectivity index (χ0n) is 10.9.